The third-order valence-electron chi connectivity index (χ3n) is 4.74. The molecule has 6 nitrogen and oxygen atoms in total. The number of carbonyl (C=O) groups is 1. The van der Waals surface area contributed by atoms with Crippen LogP contribution in [0.3, 0.4) is 0 Å². The van der Waals surface area contributed by atoms with Crippen LogP contribution in [0.1, 0.15) is 23.5 Å². The van der Waals surface area contributed by atoms with Crippen molar-refractivity contribution in [2.45, 2.75) is 13.0 Å². The lowest BCUT2D eigenvalue weighted by molar-refractivity contribution is -0.126. The molecule has 152 valence electrons. The summed E-state index contributed by atoms with van der Waals surface area (Å²) < 4.78 is 17.2. The molecule has 1 aromatic heterocycles. The molecule has 0 aliphatic rings. The Kier molecular flexibility index (Phi) is 6.39. The average molecular weight is 413 g/mol. The molecule has 0 aliphatic heterocycles. The highest BCUT2D eigenvalue weighted by Gasteiger charge is 2.19. The zero-order valence-corrected chi connectivity index (χ0v) is 17.9. The number of rotatable bonds is 7. The van der Waals surface area contributed by atoms with E-state index in [1.807, 2.05) is 31.2 Å². The highest BCUT2D eigenvalue weighted by molar-refractivity contribution is 7.18. The molecular formula is C22H24N2O4S. The lowest BCUT2D eigenvalue weighted by Gasteiger charge is -2.21. The quantitative estimate of drug-likeness (QED) is 0.533. The van der Waals surface area contributed by atoms with Gasteiger partial charge in [0.15, 0.2) is 11.5 Å². The van der Waals surface area contributed by atoms with Gasteiger partial charge >= 0.3 is 0 Å². The Bertz CT molecular complexity index is 1010. The lowest BCUT2D eigenvalue weighted by Crippen LogP contribution is -2.27. The summed E-state index contributed by atoms with van der Waals surface area (Å²) in [6.07, 6.45) is 3.23. The van der Waals surface area contributed by atoms with E-state index in [4.69, 9.17) is 14.2 Å². The molecule has 1 amide bonds. The molecule has 1 heterocycles. The molecule has 1 atom stereocenters. The topological polar surface area (TPSA) is 60.9 Å². The fourth-order valence-electron chi connectivity index (χ4n) is 2.89. The third-order valence-corrected chi connectivity index (χ3v) is 5.94. The SMILES string of the molecule is COc1cc(OC)c(OC)cc1/C=C/C(=O)N(C)[C@@H](C)c1nc2ccccc2s1. The number of fused-ring (bicyclic) bond motifs is 1. The van der Waals surface area contributed by atoms with Gasteiger partial charge in [0.1, 0.15) is 10.8 Å². The first-order chi connectivity index (χ1) is 14.0. The van der Waals surface area contributed by atoms with Crippen LogP contribution in [0.4, 0.5) is 0 Å². The van der Waals surface area contributed by atoms with E-state index in [0.717, 1.165) is 20.8 Å². The smallest absolute Gasteiger partial charge is 0.246 e. The zero-order chi connectivity index (χ0) is 21.0. The predicted octanol–water partition coefficient (Wildman–Crippen LogP) is 4.55. The molecular weight excluding hydrogens is 388 g/mol. The first-order valence-corrected chi connectivity index (χ1v) is 9.90. The van der Waals surface area contributed by atoms with E-state index >= 15 is 0 Å². The highest BCUT2D eigenvalue weighted by Crippen LogP contribution is 2.35. The van der Waals surface area contributed by atoms with Crippen LogP contribution in [0.2, 0.25) is 0 Å². The van der Waals surface area contributed by atoms with Crippen LogP contribution in [0.5, 0.6) is 17.2 Å². The van der Waals surface area contributed by atoms with Crippen molar-refractivity contribution in [1.82, 2.24) is 9.88 Å². The molecule has 0 unspecified atom stereocenters. The minimum absolute atomic E-state index is 0.131. The van der Waals surface area contributed by atoms with Crippen molar-refractivity contribution < 1.29 is 19.0 Å². The molecule has 3 aromatic rings. The van der Waals surface area contributed by atoms with Gasteiger partial charge in [-0.2, -0.15) is 0 Å². The van der Waals surface area contributed by atoms with E-state index in [-0.39, 0.29) is 11.9 Å². The van der Waals surface area contributed by atoms with Gasteiger partial charge < -0.3 is 19.1 Å². The summed E-state index contributed by atoms with van der Waals surface area (Å²) in [6, 6.07) is 11.3. The third kappa shape index (κ3) is 4.35. The summed E-state index contributed by atoms with van der Waals surface area (Å²) in [4.78, 5) is 19.1. The summed E-state index contributed by atoms with van der Waals surface area (Å²) in [5, 5.41) is 0.902. The Labute approximate surface area is 174 Å². The molecule has 0 saturated carbocycles. The van der Waals surface area contributed by atoms with Gasteiger partial charge in [0.2, 0.25) is 5.91 Å². The van der Waals surface area contributed by atoms with Crippen LogP contribution in [0.25, 0.3) is 16.3 Å². The van der Waals surface area contributed by atoms with Crippen molar-refractivity contribution in [1.29, 1.82) is 0 Å². The average Bonchev–Trinajstić information content (AvgIpc) is 3.19. The molecule has 0 fully saturated rings. The van der Waals surface area contributed by atoms with Crippen LogP contribution in [0, 0.1) is 0 Å². The van der Waals surface area contributed by atoms with Gasteiger partial charge in [-0.05, 0) is 31.2 Å². The molecule has 0 saturated heterocycles. The van der Waals surface area contributed by atoms with Crippen molar-refractivity contribution in [3.63, 3.8) is 0 Å². The maximum Gasteiger partial charge on any atom is 0.246 e. The molecule has 2 aromatic carbocycles. The Morgan fingerprint density at radius 3 is 2.38 bits per heavy atom. The number of ether oxygens (including phenoxy) is 3. The van der Waals surface area contributed by atoms with Crippen LogP contribution < -0.4 is 14.2 Å². The number of carbonyl (C=O) groups excluding carboxylic acids is 1. The second-order valence-electron chi connectivity index (χ2n) is 6.43. The van der Waals surface area contributed by atoms with Crippen molar-refractivity contribution in [3.05, 3.63) is 53.0 Å². The van der Waals surface area contributed by atoms with Crippen LogP contribution in [-0.4, -0.2) is 44.2 Å². The van der Waals surface area contributed by atoms with E-state index in [0.29, 0.717) is 17.2 Å². The standard InChI is InChI=1S/C22H24N2O4S/c1-14(22-23-16-8-6-7-9-20(16)29-22)24(2)21(25)11-10-15-12-18(27-4)19(28-5)13-17(15)26-3/h6-14H,1-5H3/b11-10+/t14-/m0/s1. The number of hydrogen-bond donors (Lipinski definition) is 0. The second-order valence-corrected chi connectivity index (χ2v) is 7.49. The van der Waals surface area contributed by atoms with E-state index in [1.165, 1.54) is 6.08 Å². The Hall–Kier alpha value is -3.06. The van der Waals surface area contributed by atoms with Gasteiger partial charge in [0.05, 0.1) is 37.6 Å². The second kappa shape index (κ2) is 8.96. The number of para-hydroxylation sites is 1. The van der Waals surface area contributed by atoms with Crippen molar-refractivity contribution in [2.75, 3.05) is 28.4 Å². The van der Waals surface area contributed by atoms with E-state index in [1.54, 1.807) is 62.8 Å². The van der Waals surface area contributed by atoms with E-state index in [2.05, 4.69) is 4.98 Å². The summed E-state index contributed by atoms with van der Waals surface area (Å²) in [6.45, 7) is 1.97. The first-order valence-electron chi connectivity index (χ1n) is 9.08. The maximum absolute atomic E-state index is 12.7. The van der Waals surface area contributed by atoms with Crippen LogP contribution >= 0.6 is 11.3 Å². The van der Waals surface area contributed by atoms with E-state index in [9.17, 15) is 4.79 Å². The van der Waals surface area contributed by atoms with Gasteiger partial charge in [-0.15, -0.1) is 11.3 Å². The first kappa shape index (κ1) is 20.7. The summed E-state index contributed by atoms with van der Waals surface area (Å²) >= 11 is 1.60. The number of hydrogen-bond acceptors (Lipinski definition) is 6. The molecule has 0 bridgehead atoms. The molecule has 7 heteroatoms. The number of nitrogens with zero attached hydrogens (tertiary/aromatic N) is 2. The number of methoxy groups -OCH3 is 3. The number of thiazole rings is 1. The molecule has 29 heavy (non-hydrogen) atoms. The van der Waals surface area contributed by atoms with Crippen LogP contribution in [-0.2, 0) is 4.79 Å². The molecule has 0 aliphatic carbocycles. The monoisotopic (exact) mass is 412 g/mol. The number of amides is 1. The Morgan fingerprint density at radius 1 is 1.07 bits per heavy atom. The Balaban J connectivity index is 1.80. The predicted molar refractivity (Wildman–Crippen MR) is 116 cm³/mol. The van der Waals surface area contributed by atoms with Gasteiger partial charge in [0, 0.05) is 24.8 Å². The van der Waals surface area contributed by atoms with Crippen molar-refractivity contribution in [2.24, 2.45) is 0 Å². The number of aromatic nitrogens is 1. The minimum atomic E-state index is -0.142. The lowest BCUT2D eigenvalue weighted by atomic mass is 10.1. The van der Waals surface area contributed by atoms with Crippen LogP contribution in [0.15, 0.2) is 42.5 Å². The van der Waals surface area contributed by atoms with Crippen molar-refractivity contribution >= 4 is 33.5 Å². The summed E-state index contributed by atoms with van der Waals surface area (Å²) in [5.74, 6) is 1.59. The molecule has 0 spiro atoms. The number of benzene rings is 2. The number of likely N-dealkylation sites (N-methyl/N-ethyl adjacent to an activating group) is 1. The summed E-state index contributed by atoms with van der Waals surface area (Å²) in [7, 11) is 6.47. The van der Waals surface area contributed by atoms with Gasteiger partial charge in [0.25, 0.3) is 0 Å². The molecule has 3 rings (SSSR count). The van der Waals surface area contributed by atoms with Gasteiger partial charge in [-0.25, -0.2) is 4.98 Å². The largest absolute Gasteiger partial charge is 0.496 e. The zero-order valence-electron chi connectivity index (χ0n) is 17.1. The maximum atomic E-state index is 12.7. The fraction of sp³-hybridized carbons (Fsp3) is 0.273. The fourth-order valence-corrected chi connectivity index (χ4v) is 3.95. The Morgan fingerprint density at radius 2 is 1.72 bits per heavy atom. The molecule has 0 radical (unpaired) electrons. The highest BCUT2D eigenvalue weighted by atomic mass is 32.1. The molecule has 0 N–H and O–H groups in total. The van der Waals surface area contributed by atoms with E-state index < -0.39 is 0 Å². The van der Waals surface area contributed by atoms with Gasteiger partial charge in [-0.1, -0.05) is 12.1 Å². The normalized spacial score (nSPS) is 12.2. The van der Waals surface area contributed by atoms with Gasteiger partial charge in [-0.3, -0.25) is 4.79 Å². The minimum Gasteiger partial charge on any atom is -0.496 e. The summed E-state index contributed by atoms with van der Waals surface area (Å²) in [5.41, 5.74) is 1.67. The van der Waals surface area contributed by atoms with Crippen molar-refractivity contribution in [3.8, 4) is 17.2 Å².